The van der Waals surface area contributed by atoms with Crippen molar-refractivity contribution in [1.82, 2.24) is 10.2 Å². The molecule has 1 rings (SSSR count). The fourth-order valence-electron chi connectivity index (χ4n) is 1.33. The van der Waals surface area contributed by atoms with Crippen LogP contribution in [0.15, 0.2) is 24.3 Å². The molecular formula is C12H21ClN2. The van der Waals surface area contributed by atoms with Crippen molar-refractivity contribution in [2.75, 3.05) is 27.2 Å². The molecule has 0 unspecified atom stereocenters. The summed E-state index contributed by atoms with van der Waals surface area (Å²) in [6, 6.07) is 8.51. The lowest BCUT2D eigenvalue weighted by Crippen LogP contribution is -2.26. The van der Waals surface area contributed by atoms with E-state index in [0.717, 1.165) is 19.6 Å². The van der Waals surface area contributed by atoms with E-state index >= 15 is 0 Å². The lowest BCUT2D eigenvalue weighted by Gasteiger charge is -2.11. The van der Waals surface area contributed by atoms with Crippen molar-refractivity contribution in [1.29, 1.82) is 0 Å². The topological polar surface area (TPSA) is 15.3 Å². The van der Waals surface area contributed by atoms with Crippen molar-refractivity contribution in [3.63, 3.8) is 0 Å². The largest absolute Gasteiger partial charge is 0.311 e. The summed E-state index contributed by atoms with van der Waals surface area (Å²) < 4.78 is 0. The zero-order valence-electron chi connectivity index (χ0n) is 9.79. The number of likely N-dealkylation sites (N-methyl/N-ethyl adjacent to an activating group) is 1. The van der Waals surface area contributed by atoms with Crippen LogP contribution in [0, 0.1) is 6.92 Å². The van der Waals surface area contributed by atoms with Crippen LogP contribution in [0.3, 0.4) is 0 Å². The van der Waals surface area contributed by atoms with Crippen molar-refractivity contribution in [2.24, 2.45) is 0 Å². The van der Waals surface area contributed by atoms with Crippen molar-refractivity contribution in [3.8, 4) is 0 Å². The third-order valence-electron chi connectivity index (χ3n) is 2.31. The number of benzene rings is 1. The zero-order valence-corrected chi connectivity index (χ0v) is 10.6. The summed E-state index contributed by atoms with van der Waals surface area (Å²) in [6.45, 7) is 5.26. The molecule has 0 aliphatic heterocycles. The fraction of sp³-hybridized carbons (Fsp3) is 0.500. The molecule has 0 saturated heterocycles. The number of halogens is 1. The maximum Gasteiger partial charge on any atom is 0.0208 e. The lowest BCUT2D eigenvalue weighted by atomic mass is 10.1. The molecule has 0 amide bonds. The first-order valence-corrected chi connectivity index (χ1v) is 5.10. The van der Waals surface area contributed by atoms with Crippen LogP contribution < -0.4 is 5.32 Å². The van der Waals surface area contributed by atoms with Crippen molar-refractivity contribution in [2.45, 2.75) is 13.5 Å². The standard InChI is InChI=1S/C12H20N2.ClH/c1-11-6-4-5-7-12(11)10-13-8-9-14(2)3;/h4-7,13H,8-10H2,1-3H3;1H. The van der Waals surface area contributed by atoms with E-state index in [1.54, 1.807) is 0 Å². The molecule has 86 valence electrons. The minimum atomic E-state index is 0. The second kappa shape index (κ2) is 7.69. The highest BCUT2D eigenvalue weighted by molar-refractivity contribution is 5.85. The summed E-state index contributed by atoms with van der Waals surface area (Å²) in [5.74, 6) is 0. The Labute approximate surface area is 99.1 Å². The predicted octanol–water partition coefficient (Wildman–Crippen LogP) is 2.07. The van der Waals surface area contributed by atoms with Crippen molar-refractivity contribution >= 4 is 12.4 Å². The number of rotatable bonds is 5. The highest BCUT2D eigenvalue weighted by Crippen LogP contribution is 2.05. The average molecular weight is 229 g/mol. The highest BCUT2D eigenvalue weighted by atomic mass is 35.5. The van der Waals surface area contributed by atoms with Crippen LogP contribution in [-0.2, 0) is 6.54 Å². The molecule has 2 nitrogen and oxygen atoms in total. The van der Waals surface area contributed by atoms with Gasteiger partial charge in [-0.3, -0.25) is 0 Å². The first-order chi connectivity index (χ1) is 6.70. The fourth-order valence-corrected chi connectivity index (χ4v) is 1.33. The Morgan fingerprint density at radius 1 is 1.20 bits per heavy atom. The lowest BCUT2D eigenvalue weighted by molar-refractivity contribution is 0.400. The first-order valence-electron chi connectivity index (χ1n) is 5.10. The maximum absolute atomic E-state index is 3.43. The molecule has 0 aliphatic rings. The van der Waals surface area contributed by atoms with Crippen LogP contribution in [0.25, 0.3) is 0 Å². The molecule has 0 aromatic heterocycles. The van der Waals surface area contributed by atoms with Crippen LogP contribution >= 0.6 is 12.4 Å². The van der Waals surface area contributed by atoms with Gasteiger partial charge >= 0.3 is 0 Å². The van der Waals surface area contributed by atoms with E-state index in [2.05, 4.69) is 55.5 Å². The van der Waals surface area contributed by atoms with Gasteiger partial charge in [-0.05, 0) is 32.1 Å². The van der Waals surface area contributed by atoms with Gasteiger partial charge in [-0.2, -0.15) is 0 Å². The van der Waals surface area contributed by atoms with E-state index in [-0.39, 0.29) is 12.4 Å². The van der Waals surface area contributed by atoms with Gasteiger partial charge in [0.15, 0.2) is 0 Å². The van der Waals surface area contributed by atoms with Gasteiger partial charge < -0.3 is 10.2 Å². The molecule has 1 aromatic carbocycles. The molecule has 1 N–H and O–H groups in total. The molecule has 0 radical (unpaired) electrons. The third-order valence-corrected chi connectivity index (χ3v) is 2.31. The van der Waals surface area contributed by atoms with Crippen molar-refractivity contribution in [3.05, 3.63) is 35.4 Å². The van der Waals surface area contributed by atoms with E-state index in [9.17, 15) is 0 Å². The van der Waals surface area contributed by atoms with Crippen LogP contribution in [0.2, 0.25) is 0 Å². The SMILES string of the molecule is Cc1ccccc1CNCCN(C)C.Cl. The Morgan fingerprint density at radius 3 is 2.47 bits per heavy atom. The average Bonchev–Trinajstić information content (AvgIpc) is 2.15. The number of aryl methyl sites for hydroxylation is 1. The van der Waals surface area contributed by atoms with Gasteiger partial charge in [-0.15, -0.1) is 12.4 Å². The Morgan fingerprint density at radius 2 is 1.87 bits per heavy atom. The molecule has 0 fully saturated rings. The van der Waals surface area contributed by atoms with E-state index < -0.39 is 0 Å². The summed E-state index contributed by atoms with van der Waals surface area (Å²) in [5.41, 5.74) is 2.76. The van der Waals surface area contributed by atoms with Crippen LogP contribution in [0.5, 0.6) is 0 Å². The minimum absolute atomic E-state index is 0. The van der Waals surface area contributed by atoms with E-state index in [0.29, 0.717) is 0 Å². The van der Waals surface area contributed by atoms with Gasteiger partial charge in [0.25, 0.3) is 0 Å². The van der Waals surface area contributed by atoms with Gasteiger partial charge in [-0.1, -0.05) is 24.3 Å². The molecule has 0 bridgehead atoms. The van der Waals surface area contributed by atoms with Gasteiger partial charge in [0.1, 0.15) is 0 Å². The van der Waals surface area contributed by atoms with E-state index in [4.69, 9.17) is 0 Å². The Hall–Kier alpha value is -0.570. The number of hydrogen-bond donors (Lipinski definition) is 1. The number of nitrogens with zero attached hydrogens (tertiary/aromatic N) is 1. The smallest absolute Gasteiger partial charge is 0.0208 e. The van der Waals surface area contributed by atoms with E-state index in [1.807, 2.05) is 0 Å². The van der Waals surface area contributed by atoms with Gasteiger partial charge in [-0.25, -0.2) is 0 Å². The Kier molecular flexibility index (Phi) is 7.39. The second-order valence-electron chi connectivity index (χ2n) is 3.91. The third kappa shape index (κ3) is 5.78. The Bertz CT molecular complexity index is 274. The number of hydrogen-bond acceptors (Lipinski definition) is 2. The molecule has 15 heavy (non-hydrogen) atoms. The highest BCUT2D eigenvalue weighted by Gasteiger charge is 1.95. The van der Waals surface area contributed by atoms with Crippen LogP contribution in [0.4, 0.5) is 0 Å². The quantitative estimate of drug-likeness (QED) is 0.777. The summed E-state index contributed by atoms with van der Waals surface area (Å²) in [6.07, 6.45) is 0. The summed E-state index contributed by atoms with van der Waals surface area (Å²) in [7, 11) is 4.19. The monoisotopic (exact) mass is 228 g/mol. The summed E-state index contributed by atoms with van der Waals surface area (Å²) in [4.78, 5) is 2.19. The second-order valence-corrected chi connectivity index (χ2v) is 3.91. The van der Waals surface area contributed by atoms with Gasteiger partial charge in [0.05, 0.1) is 0 Å². The molecule has 1 aromatic rings. The van der Waals surface area contributed by atoms with Crippen molar-refractivity contribution < 1.29 is 0 Å². The molecule has 0 aliphatic carbocycles. The molecule has 0 heterocycles. The normalized spacial score (nSPS) is 10.1. The summed E-state index contributed by atoms with van der Waals surface area (Å²) >= 11 is 0. The van der Waals surface area contributed by atoms with Crippen LogP contribution in [-0.4, -0.2) is 32.1 Å². The van der Waals surface area contributed by atoms with E-state index in [1.165, 1.54) is 11.1 Å². The zero-order chi connectivity index (χ0) is 10.4. The molecule has 0 spiro atoms. The number of nitrogens with one attached hydrogen (secondary N) is 1. The molecule has 0 atom stereocenters. The van der Waals surface area contributed by atoms with Gasteiger partial charge in [0, 0.05) is 19.6 Å². The first kappa shape index (κ1) is 14.4. The summed E-state index contributed by atoms with van der Waals surface area (Å²) in [5, 5.41) is 3.43. The molecular weight excluding hydrogens is 208 g/mol. The minimum Gasteiger partial charge on any atom is -0.311 e. The molecule has 3 heteroatoms. The predicted molar refractivity (Wildman–Crippen MR) is 68.7 cm³/mol. The maximum atomic E-state index is 3.43. The molecule has 0 saturated carbocycles. The Balaban J connectivity index is 0.00000196. The van der Waals surface area contributed by atoms with Crippen LogP contribution in [0.1, 0.15) is 11.1 Å². The van der Waals surface area contributed by atoms with Gasteiger partial charge in [0.2, 0.25) is 0 Å².